The molecule has 0 aromatic heterocycles. The van der Waals surface area contributed by atoms with Gasteiger partial charge in [-0.3, -0.25) is 4.79 Å². The smallest absolute Gasteiger partial charge is 0.248 e. The molecular weight excluding hydrogens is 436 g/mol. The molecule has 0 saturated heterocycles. The van der Waals surface area contributed by atoms with Gasteiger partial charge in [0.15, 0.2) is 0 Å². The zero-order valence-corrected chi connectivity index (χ0v) is 19.9. The maximum absolute atomic E-state index is 13.4. The monoisotopic (exact) mass is 468 g/mol. The van der Waals surface area contributed by atoms with Gasteiger partial charge in [-0.25, -0.2) is 8.42 Å². The molecule has 1 amide bonds. The minimum Gasteiger partial charge on any atom is -0.487 e. The molecular formula is C22H32N2O7S. The molecule has 0 aliphatic carbocycles. The topological polar surface area (TPSA) is 117 Å². The first-order valence-corrected chi connectivity index (χ1v) is 11.8. The van der Waals surface area contributed by atoms with Crippen LogP contribution in [0.15, 0.2) is 23.1 Å². The van der Waals surface area contributed by atoms with E-state index in [0.717, 1.165) is 0 Å². The van der Waals surface area contributed by atoms with Gasteiger partial charge in [0, 0.05) is 38.2 Å². The lowest BCUT2D eigenvalue weighted by molar-refractivity contribution is -0.135. The second kappa shape index (κ2) is 11.1. The SMILES string of the molecule is COCC(=O)N(C)C[C@@H]1Oc2cc(C#C[C@@H](C)O)ccc2S(=O)(=O)N([C@@H](C)CO)C[C@H]1C. The highest BCUT2D eigenvalue weighted by atomic mass is 32.2. The van der Waals surface area contributed by atoms with Crippen LogP contribution in [0.2, 0.25) is 0 Å². The average Bonchev–Trinajstić information content (AvgIpc) is 2.74. The molecule has 1 aliphatic heterocycles. The number of carbonyl (C=O) groups excluding carboxylic acids is 1. The van der Waals surface area contributed by atoms with Crippen molar-refractivity contribution in [3.8, 4) is 17.6 Å². The fourth-order valence-corrected chi connectivity index (χ4v) is 5.14. The minimum absolute atomic E-state index is 0.0387. The lowest BCUT2D eigenvalue weighted by Gasteiger charge is -2.37. The molecule has 2 N–H and O–H groups in total. The first kappa shape index (κ1) is 26.1. The Morgan fingerprint density at radius 3 is 2.69 bits per heavy atom. The summed E-state index contributed by atoms with van der Waals surface area (Å²) in [7, 11) is -0.894. The van der Waals surface area contributed by atoms with Gasteiger partial charge in [-0.2, -0.15) is 4.31 Å². The number of amides is 1. The second-order valence-electron chi connectivity index (χ2n) is 8.05. The van der Waals surface area contributed by atoms with Crippen molar-refractivity contribution < 1.29 is 32.9 Å². The van der Waals surface area contributed by atoms with Crippen LogP contribution >= 0.6 is 0 Å². The number of nitrogens with zero attached hydrogens (tertiary/aromatic N) is 2. The Kier molecular flexibility index (Phi) is 9.07. The molecule has 9 nitrogen and oxygen atoms in total. The van der Waals surface area contributed by atoms with Crippen molar-refractivity contribution in [1.29, 1.82) is 0 Å². The van der Waals surface area contributed by atoms with E-state index in [4.69, 9.17) is 9.47 Å². The second-order valence-corrected chi connectivity index (χ2v) is 9.91. The summed E-state index contributed by atoms with van der Waals surface area (Å²) < 4.78 is 39.1. The van der Waals surface area contributed by atoms with Crippen molar-refractivity contribution in [3.63, 3.8) is 0 Å². The summed E-state index contributed by atoms with van der Waals surface area (Å²) in [6, 6.07) is 3.84. The highest BCUT2D eigenvalue weighted by molar-refractivity contribution is 7.89. The van der Waals surface area contributed by atoms with Crippen LogP contribution < -0.4 is 4.74 Å². The zero-order chi connectivity index (χ0) is 24.1. The van der Waals surface area contributed by atoms with Crippen molar-refractivity contribution in [1.82, 2.24) is 9.21 Å². The molecule has 0 bridgehead atoms. The molecule has 1 aliphatic rings. The van der Waals surface area contributed by atoms with Crippen LogP contribution in [0.3, 0.4) is 0 Å². The Labute approximate surface area is 190 Å². The Bertz CT molecular complexity index is 968. The summed E-state index contributed by atoms with van der Waals surface area (Å²) in [5, 5.41) is 19.1. The van der Waals surface area contributed by atoms with Gasteiger partial charge in [0.2, 0.25) is 15.9 Å². The van der Waals surface area contributed by atoms with Crippen LogP contribution in [0.4, 0.5) is 0 Å². The van der Waals surface area contributed by atoms with Gasteiger partial charge in [0.25, 0.3) is 0 Å². The predicted octanol–water partition coefficient (Wildman–Crippen LogP) is 0.292. The highest BCUT2D eigenvalue weighted by Gasteiger charge is 2.38. The Balaban J connectivity index is 2.55. The van der Waals surface area contributed by atoms with Crippen LogP contribution in [0.1, 0.15) is 26.3 Å². The minimum atomic E-state index is -3.96. The summed E-state index contributed by atoms with van der Waals surface area (Å²) in [4.78, 5) is 13.7. The molecule has 0 radical (unpaired) electrons. The quantitative estimate of drug-likeness (QED) is 0.577. The Morgan fingerprint density at radius 1 is 1.41 bits per heavy atom. The van der Waals surface area contributed by atoms with Crippen molar-refractivity contribution in [2.24, 2.45) is 5.92 Å². The molecule has 1 aromatic rings. The number of hydrogen-bond donors (Lipinski definition) is 2. The molecule has 0 spiro atoms. The van der Waals surface area contributed by atoms with Crippen LogP contribution in [-0.4, -0.2) is 92.5 Å². The van der Waals surface area contributed by atoms with E-state index in [2.05, 4.69) is 11.8 Å². The molecule has 10 heteroatoms. The van der Waals surface area contributed by atoms with E-state index in [0.29, 0.717) is 5.56 Å². The van der Waals surface area contributed by atoms with Crippen LogP contribution in [0, 0.1) is 17.8 Å². The number of benzene rings is 1. The summed E-state index contributed by atoms with van der Waals surface area (Å²) in [6.45, 7) is 4.93. The number of aliphatic hydroxyl groups excluding tert-OH is 2. The fraction of sp³-hybridized carbons (Fsp3) is 0.591. The number of methoxy groups -OCH3 is 1. The van der Waals surface area contributed by atoms with E-state index >= 15 is 0 Å². The van der Waals surface area contributed by atoms with E-state index in [9.17, 15) is 23.4 Å². The highest BCUT2D eigenvalue weighted by Crippen LogP contribution is 2.34. The van der Waals surface area contributed by atoms with E-state index in [1.54, 1.807) is 20.0 Å². The lowest BCUT2D eigenvalue weighted by Crippen LogP contribution is -2.50. The molecule has 32 heavy (non-hydrogen) atoms. The van der Waals surface area contributed by atoms with E-state index in [1.165, 1.54) is 35.4 Å². The molecule has 1 aromatic carbocycles. The normalized spacial score (nSPS) is 22.2. The third kappa shape index (κ3) is 6.21. The Hall–Kier alpha value is -2.16. The molecule has 178 valence electrons. The van der Waals surface area contributed by atoms with E-state index in [-0.39, 0.29) is 48.8 Å². The fourth-order valence-electron chi connectivity index (χ4n) is 3.31. The molecule has 0 saturated carbocycles. The van der Waals surface area contributed by atoms with E-state index in [1.807, 2.05) is 6.92 Å². The standard InChI is InChI=1S/C22H32N2O7S/c1-15-11-24(16(2)13-25)32(28,29)21-9-8-18(7-6-17(3)26)10-19(21)31-20(15)12-23(4)22(27)14-30-5/h8-10,15-17,20,25-26H,11-14H2,1-5H3/t15-,16+,17-,20+/m1/s1. The van der Waals surface area contributed by atoms with Crippen molar-refractivity contribution in [2.45, 2.75) is 43.9 Å². The molecule has 2 rings (SSSR count). The summed E-state index contributed by atoms with van der Waals surface area (Å²) in [5.74, 6) is 5.01. The predicted molar refractivity (Wildman–Crippen MR) is 119 cm³/mol. The molecule has 4 atom stereocenters. The van der Waals surface area contributed by atoms with Crippen LogP contribution in [0.25, 0.3) is 0 Å². The van der Waals surface area contributed by atoms with Crippen molar-refractivity contribution in [3.05, 3.63) is 23.8 Å². The van der Waals surface area contributed by atoms with Gasteiger partial charge in [0.1, 0.15) is 29.5 Å². The van der Waals surface area contributed by atoms with Gasteiger partial charge in [0.05, 0.1) is 13.2 Å². The van der Waals surface area contributed by atoms with Gasteiger partial charge >= 0.3 is 0 Å². The number of ether oxygens (including phenoxy) is 2. The first-order valence-electron chi connectivity index (χ1n) is 10.4. The largest absolute Gasteiger partial charge is 0.487 e. The van der Waals surface area contributed by atoms with E-state index < -0.39 is 28.3 Å². The average molecular weight is 469 g/mol. The number of sulfonamides is 1. The summed E-state index contributed by atoms with van der Waals surface area (Å²) in [6.07, 6.45) is -1.36. The number of likely N-dealkylation sites (N-methyl/N-ethyl adjacent to an activating group) is 1. The van der Waals surface area contributed by atoms with Gasteiger partial charge < -0.3 is 24.6 Å². The van der Waals surface area contributed by atoms with Gasteiger partial charge in [-0.05, 0) is 32.0 Å². The summed E-state index contributed by atoms with van der Waals surface area (Å²) >= 11 is 0. The van der Waals surface area contributed by atoms with Gasteiger partial charge in [-0.15, -0.1) is 0 Å². The molecule has 0 unspecified atom stereocenters. The Morgan fingerprint density at radius 2 is 2.09 bits per heavy atom. The third-order valence-corrected chi connectivity index (χ3v) is 7.26. The van der Waals surface area contributed by atoms with Crippen LogP contribution in [0.5, 0.6) is 5.75 Å². The van der Waals surface area contributed by atoms with Crippen molar-refractivity contribution >= 4 is 15.9 Å². The van der Waals surface area contributed by atoms with Crippen molar-refractivity contribution in [2.75, 3.05) is 40.5 Å². The molecule has 0 fully saturated rings. The first-order chi connectivity index (χ1) is 15.0. The number of rotatable bonds is 6. The van der Waals surface area contributed by atoms with Crippen LogP contribution in [-0.2, 0) is 19.6 Å². The summed E-state index contributed by atoms with van der Waals surface area (Å²) in [5.41, 5.74) is 0.484. The molecule has 1 heterocycles. The number of carbonyl (C=O) groups is 1. The van der Waals surface area contributed by atoms with Gasteiger partial charge in [-0.1, -0.05) is 18.8 Å². The number of fused-ring (bicyclic) bond motifs is 1. The third-order valence-electron chi connectivity index (χ3n) is 5.24. The number of aliphatic hydroxyl groups is 2. The number of hydrogen-bond acceptors (Lipinski definition) is 7. The lowest BCUT2D eigenvalue weighted by atomic mass is 10.0. The maximum Gasteiger partial charge on any atom is 0.248 e. The zero-order valence-electron chi connectivity index (χ0n) is 19.1. The maximum atomic E-state index is 13.4.